The zero-order chi connectivity index (χ0) is 15.4. The molecule has 110 valence electrons. The normalized spacial score (nSPS) is 20.3. The highest BCUT2D eigenvalue weighted by Gasteiger charge is 2.48. The van der Waals surface area contributed by atoms with E-state index >= 15 is 0 Å². The SMILES string of the molecule is NC1=NC2(c3ccccc3Oc3cnccc32)c2cnccc21. The minimum atomic E-state index is -0.721. The van der Waals surface area contributed by atoms with Crippen LogP contribution in [0.3, 0.4) is 0 Å². The Bertz CT molecular complexity index is 935. The Labute approximate surface area is 132 Å². The predicted molar refractivity (Wildman–Crippen MR) is 85.6 cm³/mol. The summed E-state index contributed by atoms with van der Waals surface area (Å²) in [4.78, 5) is 13.4. The molecule has 1 aromatic carbocycles. The lowest BCUT2D eigenvalue weighted by Crippen LogP contribution is -2.29. The highest BCUT2D eigenvalue weighted by molar-refractivity contribution is 6.03. The highest BCUT2D eigenvalue weighted by atomic mass is 16.5. The van der Waals surface area contributed by atoms with Gasteiger partial charge in [0.15, 0.2) is 5.75 Å². The van der Waals surface area contributed by atoms with Gasteiger partial charge in [-0.05, 0) is 18.2 Å². The van der Waals surface area contributed by atoms with Gasteiger partial charge >= 0.3 is 0 Å². The van der Waals surface area contributed by atoms with Gasteiger partial charge in [-0.3, -0.25) is 9.97 Å². The number of ether oxygens (including phenoxy) is 1. The van der Waals surface area contributed by atoms with Crippen molar-refractivity contribution >= 4 is 5.84 Å². The van der Waals surface area contributed by atoms with Crippen LogP contribution in [0.25, 0.3) is 0 Å². The molecule has 2 aromatic heterocycles. The minimum Gasteiger partial charge on any atom is -0.455 e. The molecule has 2 aliphatic rings. The fourth-order valence-electron chi connectivity index (χ4n) is 3.50. The van der Waals surface area contributed by atoms with E-state index in [-0.39, 0.29) is 0 Å². The molecular formula is C18H12N4O. The second-order valence-electron chi connectivity index (χ2n) is 5.60. The molecule has 0 aliphatic carbocycles. The van der Waals surface area contributed by atoms with Gasteiger partial charge in [-0.15, -0.1) is 0 Å². The van der Waals surface area contributed by atoms with E-state index in [0.717, 1.165) is 28.0 Å². The maximum Gasteiger partial charge on any atom is 0.152 e. The number of amidine groups is 1. The number of nitrogens with two attached hydrogens (primary N) is 1. The number of para-hydroxylation sites is 1. The van der Waals surface area contributed by atoms with Crippen LogP contribution < -0.4 is 10.5 Å². The molecule has 1 atom stereocenters. The fourth-order valence-corrected chi connectivity index (χ4v) is 3.50. The Morgan fingerprint density at radius 2 is 1.61 bits per heavy atom. The first-order valence-corrected chi connectivity index (χ1v) is 7.33. The zero-order valence-electron chi connectivity index (χ0n) is 12.1. The summed E-state index contributed by atoms with van der Waals surface area (Å²) < 4.78 is 6.02. The van der Waals surface area contributed by atoms with Crippen molar-refractivity contribution in [1.29, 1.82) is 0 Å². The Morgan fingerprint density at radius 1 is 0.826 bits per heavy atom. The third-order valence-electron chi connectivity index (χ3n) is 4.45. The van der Waals surface area contributed by atoms with Crippen molar-refractivity contribution in [2.24, 2.45) is 10.7 Å². The van der Waals surface area contributed by atoms with E-state index < -0.39 is 5.54 Å². The molecule has 1 unspecified atom stereocenters. The second kappa shape index (κ2) is 4.16. The first kappa shape index (κ1) is 12.3. The number of hydrogen-bond donors (Lipinski definition) is 1. The standard InChI is InChI=1S/C18H12N4O/c19-17-11-5-7-20-9-14(11)18(22-17)12-3-1-2-4-15(12)23-16-10-21-8-6-13(16)18/h1-10H,(H2,19,22). The van der Waals surface area contributed by atoms with Crippen LogP contribution >= 0.6 is 0 Å². The maximum absolute atomic E-state index is 6.23. The summed E-state index contributed by atoms with van der Waals surface area (Å²) in [5.41, 5.74) is 9.30. The summed E-state index contributed by atoms with van der Waals surface area (Å²) >= 11 is 0. The van der Waals surface area contributed by atoms with Crippen LogP contribution in [0.5, 0.6) is 11.5 Å². The topological polar surface area (TPSA) is 73.4 Å². The monoisotopic (exact) mass is 300 g/mol. The third-order valence-corrected chi connectivity index (χ3v) is 4.45. The van der Waals surface area contributed by atoms with Crippen LogP contribution in [0.2, 0.25) is 0 Å². The van der Waals surface area contributed by atoms with Gasteiger partial charge in [-0.1, -0.05) is 18.2 Å². The molecule has 4 heterocycles. The van der Waals surface area contributed by atoms with Gasteiger partial charge in [-0.2, -0.15) is 0 Å². The van der Waals surface area contributed by atoms with Crippen molar-refractivity contribution < 1.29 is 4.74 Å². The van der Waals surface area contributed by atoms with Crippen molar-refractivity contribution in [3.05, 3.63) is 83.4 Å². The second-order valence-corrected chi connectivity index (χ2v) is 5.60. The molecule has 5 nitrogen and oxygen atoms in total. The lowest BCUT2D eigenvalue weighted by atomic mass is 9.76. The number of fused-ring (bicyclic) bond motifs is 6. The van der Waals surface area contributed by atoms with Gasteiger partial charge in [-0.25, -0.2) is 4.99 Å². The van der Waals surface area contributed by atoms with Gasteiger partial charge in [0.1, 0.15) is 17.1 Å². The van der Waals surface area contributed by atoms with Crippen LogP contribution in [-0.4, -0.2) is 15.8 Å². The number of nitrogens with zero attached hydrogens (tertiary/aromatic N) is 3. The number of rotatable bonds is 0. The number of aliphatic imine (C=N–C) groups is 1. The van der Waals surface area contributed by atoms with E-state index in [2.05, 4.69) is 9.97 Å². The quantitative estimate of drug-likeness (QED) is 0.692. The molecule has 0 fully saturated rings. The van der Waals surface area contributed by atoms with E-state index in [1.165, 1.54) is 0 Å². The Morgan fingerprint density at radius 3 is 2.57 bits per heavy atom. The number of benzene rings is 1. The van der Waals surface area contributed by atoms with E-state index in [1.807, 2.05) is 42.6 Å². The third kappa shape index (κ3) is 1.43. The molecular weight excluding hydrogens is 288 g/mol. The maximum atomic E-state index is 6.23. The van der Waals surface area contributed by atoms with Crippen LogP contribution in [0.4, 0.5) is 0 Å². The molecule has 0 bridgehead atoms. The fraction of sp³-hybridized carbons (Fsp3) is 0.0556. The summed E-state index contributed by atoms with van der Waals surface area (Å²) in [5, 5.41) is 0. The lowest BCUT2D eigenvalue weighted by Gasteiger charge is -2.35. The Hall–Kier alpha value is -3.21. The van der Waals surface area contributed by atoms with Crippen LogP contribution in [-0.2, 0) is 5.54 Å². The Balaban J connectivity index is 1.95. The summed E-state index contributed by atoms with van der Waals surface area (Å²) in [7, 11) is 0. The largest absolute Gasteiger partial charge is 0.455 e. The smallest absolute Gasteiger partial charge is 0.152 e. The van der Waals surface area contributed by atoms with Crippen molar-refractivity contribution in [3.8, 4) is 11.5 Å². The van der Waals surface area contributed by atoms with Gasteiger partial charge in [0.25, 0.3) is 0 Å². The van der Waals surface area contributed by atoms with Crippen molar-refractivity contribution in [2.45, 2.75) is 5.54 Å². The minimum absolute atomic E-state index is 0.516. The lowest BCUT2D eigenvalue weighted by molar-refractivity contribution is 0.421. The molecule has 1 spiro atoms. The van der Waals surface area contributed by atoms with Crippen LogP contribution in [0.15, 0.2) is 66.2 Å². The molecule has 3 aromatic rings. The zero-order valence-corrected chi connectivity index (χ0v) is 12.1. The summed E-state index contributed by atoms with van der Waals surface area (Å²) in [6.45, 7) is 0. The summed E-state index contributed by atoms with van der Waals surface area (Å²) in [5.74, 6) is 1.97. The van der Waals surface area contributed by atoms with Gasteiger partial charge in [0.2, 0.25) is 0 Å². The molecule has 2 N–H and O–H groups in total. The number of hydrogen-bond acceptors (Lipinski definition) is 5. The molecule has 0 amide bonds. The van der Waals surface area contributed by atoms with Gasteiger partial charge in [0, 0.05) is 40.8 Å². The molecule has 0 radical (unpaired) electrons. The van der Waals surface area contributed by atoms with Gasteiger partial charge < -0.3 is 10.5 Å². The molecule has 2 aliphatic heterocycles. The van der Waals surface area contributed by atoms with Crippen molar-refractivity contribution in [2.75, 3.05) is 0 Å². The van der Waals surface area contributed by atoms with Crippen molar-refractivity contribution in [1.82, 2.24) is 9.97 Å². The molecule has 0 saturated carbocycles. The first-order chi connectivity index (χ1) is 11.3. The van der Waals surface area contributed by atoms with E-state index in [4.69, 9.17) is 15.5 Å². The molecule has 5 rings (SSSR count). The molecule has 5 heteroatoms. The Kier molecular flexibility index (Phi) is 2.24. The van der Waals surface area contributed by atoms with Crippen LogP contribution in [0, 0.1) is 0 Å². The first-order valence-electron chi connectivity index (χ1n) is 7.33. The summed E-state index contributed by atoms with van der Waals surface area (Å²) in [6, 6.07) is 11.7. The van der Waals surface area contributed by atoms with Crippen LogP contribution in [0.1, 0.15) is 22.3 Å². The predicted octanol–water partition coefficient (Wildman–Crippen LogP) is 2.59. The van der Waals surface area contributed by atoms with Crippen molar-refractivity contribution in [3.63, 3.8) is 0 Å². The number of pyridine rings is 2. The van der Waals surface area contributed by atoms with Gasteiger partial charge in [0.05, 0.1) is 6.20 Å². The van der Waals surface area contributed by atoms with E-state index in [1.54, 1.807) is 18.6 Å². The number of aromatic nitrogens is 2. The highest BCUT2D eigenvalue weighted by Crippen LogP contribution is 2.54. The van der Waals surface area contributed by atoms with E-state index in [0.29, 0.717) is 11.6 Å². The summed E-state index contributed by atoms with van der Waals surface area (Å²) in [6.07, 6.45) is 7.04. The average molecular weight is 300 g/mol. The average Bonchev–Trinajstić information content (AvgIpc) is 2.90. The molecule has 23 heavy (non-hydrogen) atoms. The van der Waals surface area contributed by atoms with E-state index in [9.17, 15) is 0 Å². The molecule has 0 saturated heterocycles.